The van der Waals surface area contributed by atoms with Crippen LogP contribution in [0.5, 0.6) is 0 Å². The smallest absolute Gasteiger partial charge is 0.282 e. The summed E-state index contributed by atoms with van der Waals surface area (Å²) in [6.07, 6.45) is -1.58. The van der Waals surface area contributed by atoms with Gasteiger partial charge in [0.15, 0.2) is 0 Å². The average molecular weight is 241 g/mol. The van der Waals surface area contributed by atoms with E-state index in [0.29, 0.717) is 11.3 Å². The molecule has 0 unspecified atom stereocenters. The molecule has 0 radical (unpaired) electrons. The second-order valence-electron chi connectivity index (χ2n) is 3.63. The molecule has 0 aliphatic rings. The fourth-order valence-electron chi connectivity index (χ4n) is 1.64. The van der Waals surface area contributed by atoms with Gasteiger partial charge in [-0.15, -0.1) is 0 Å². The van der Waals surface area contributed by atoms with Gasteiger partial charge in [-0.3, -0.25) is 0 Å². The zero-order chi connectivity index (χ0) is 12.6. The Kier molecular flexibility index (Phi) is 2.79. The lowest BCUT2D eigenvalue weighted by Gasteiger charge is -2.10. The monoisotopic (exact) mass is 241 g/mol. The number of alkyl halides is 2. The van der Waals surface area contributed by atoms with E-state index in [4.69, 9.17) is 5.73 Å². The van der Waals surface area contributed by atoms with Crippen LogP contribution in [-0.4, -0.2) is 9.78 Å². The normalized spacial score (nSPS) is 11.1. The first-order chi connectivity index (χ1) is 8.00. The zero-order valence-electron chi connectivity index (χ0n) is 8.99. The molecular formula is C11H10F3N3. The first kappa shape index (κ1) is 11.5. The van der Waals surface area contributed by atoms with E-state index in [0.717, 1.165) is 10.9 Å². The molecule has 1 heterocycles. The molecule has 90 valence electrons. The number of hydrogen-bond acceptors (Lipinski definition) is 2. The molecule has 1 aromatic heterocycles. The van der Waals surface area contributed by atoms with Crippen LogP contribution in [-0.2, 0) is 0 Å². The maximum Gasteiger partial charge on any atom is 0.282 e. The van der Waals surface area contributed by atoms with Crippen molar-refractivity contribution < 1.29 is 13.2 Å². The Hall–Kier alpha value is -1.98. The van der Waals surface area contributed by atoms with Crippen molar-refractivity contribution >= 4 is 5.69 Å². The molecule has 17 heavy (non-hydrogen) atoms. The van der Waals surface area contributed by atoms with Gasteiger partial charge in [-0.25, -0.2) is 17.9 Å². The fraction of sp³-hybridized carbons (Fsp3) is 0.182. The molecule has 0 aliphatic heterocycles. The molecule has 6 heteroatoms. The van der Waals surface area contributed by atoms with E-state index < -0.39 is 12.2 Å². The molecule has 2 aromatic rings. The van der Waals surface area contributed by atoms with Crippen LogP contribution in [0.4, 0.5) is 18.9 Å². The van der Waals surface area contributed by atoms with Gasteiger partial charge in [-0.2, -0.15) is 5.10 Å². The molecule has 0 bridgehead atoms. The van der Waals surface area contributed by atoms with Gasteiger partial charge in [0, 0.05) is 0 Å². The van der Waals surface area contributed by atoms with Crippen LogP contribution in [0.2, 0.25) is 0 Å². The number of benzene rings is 1. The van der Waals surface area contributed by atoms with Crippen LogP contribution in [0, 0.1) is 12.7 Å². The molecule has 0 saturated carbocycles. The van der Waals surface area contributed by atoms with E-state index in [9.17, 15) is 13.2 Å². The van der Waals surface area contributed by atoms with Crippen molar-refractivity contribution in [2.24, 2.45) is 0 Å². The Bertz CT molecular complexity index is 549. The van der Waals surface area contributed by atoms with Crippen LogP contribution in [0.1, 0.15) is 17.7 Å². The first-order valence-electron chi connectivity index (χ1n) is 4.88. The number of nitrogens with two attached hydrogens (primary N) is 1. The molecular weight excluding hydrogens is 231 g/mol. The minimum atomic E-state index is -2.73. The second-order valence-corrected chi connectivity index (χ2v) is 3.63. The Morgan fingerprint density at radius 3 is 2.65 bits per heavy atom. The molecule has 0 spiro atoms. The van der Waals surface area contributed by atoms with Crippen molar-refractivity contribution in [1.29, 1.82) is 0 Å². The number of hydrogen-bond donors (Lipinski definition) is 1. The number of nitrogens with zero attached hydrogens (tertiary/aromatic N) is 2. The lowest BCUT2D eigenvalue weighted by atomic mass is 10.2. The van der Waals surface area contributed by atoms with E-state index >= 15 is 0 Å². The summed E-state index contributed by atoms with van der Waals surface area (Å²) in [7, 11) is 0. The summed E-state index contributed by atoms with van der Waals surface area (Å²) in [6, 6.07) is 3.83. The van der Waals surface area contributed by atoms with Crippen molar-refractivity contribution in [2.75, 3.05) is 5.73 Å². The summed E-state index contributed by atoms with van der Waals surface area (Å²) >= 11 is 0. The number of nitrogen functional groups attached to an aromatic ring is 1. The van der Waals surface area contributed by atoms with Crippen molar-refractivity contribution in [3.05, 3.63) is 41.5 Å². The van der Waals surface area contributed by atoms with E-state index in [1.165, 1.54) is 18.2 Å². The van der Waals surface area contributed by atoms with Crippen LogP contribution in [0.15, 0.2) is 24.4 Å². The van der Waals surface area contributed by atoms with Crippen LogP contribution in [0.25, 0.3) is 5.69 Å². The van der Waals surface area contributed by atoms with Gasteiger partial charge in [-0.05, 0) is 30.7 Å². The minimum Gasteiger partial charge on any atom is -0.396 e. The summed E-state index contributed by atoms with van der Waals surface area (Å²) in [4.78, 5) is 0. The Morgan fingerprint density at radius 2 is 2.06 bits per heavy atom. The van der Waals surface area contributed by atoms with Gasteiger partial charge in [0.1, 0.15) is 11.5 Å². The highest BCUT2D eigenvalue weighted by Crippen LogP contribution is 2.28. The predicted molar refractivity (Wildman–Crippen MR) is 57.6 cm³/mol. The SMILES string of the molecule is Cc1cc(F)ccc1-n1ncc(N)c1C(F)F. The summed E-state index contributed by atoms with van der Waals surface area (Å²) in [5.74, 6) is -0.426. The summed E-state index contributed by atoms with van der Waals surface area (Å²) in [5, 5.41) is 3.79. The van der Waals surface area contributed by atoms with Gasteiger partial charge >= 0.3 is 0 Å². The van der Waals surface area contributed by atoms with E-state index in [2.05, 4.69) is 5.10 Å². The highest BCUT2D eigenvalue weighted by atomic mass is 19.3. The van der Waals surface area contributed by atoms with Crippen LogP contribution in [0.3, 0.4) is 0 Å². The highest BCUT2D eigenvalue weighted by Gasteiger charge is 2.20. The van der Waals surface area contributed by atoms with E-state index in [-0.39, 0.29) is 11.4 Å². The van der Waals surface area contributed by atoms with Gasteiger partial charge in [-0.1, -0.05) is 0 Å². The Morgan fingerprint density at radius 1 is 1.35 bits per heavy atom. The molecule has 2 rings (SSSR count). The maximum atomic E-state index is 12.9. The van der Waals surface area contributed by atoms with Crippen molar-refractivity contribution in [3.8, 4) is 5.69 Å². The van der Waals surface area contributed by atoms with Gasteiger partial charge in [0.05, 0.1) is 17.6 Å². The minimum absolute atomic E-state index is 0.0799. The van der Waals surface area contributed by atoms with Crippen molar-refractivity contribution in [1.82, 2.24) is 9.78 Å². The standard InChI is InChI=1S/C11H10F3N3/c1-6-4-7(12)2-3-9(6)17-10(11(13)14)8(15)5-16-17/h2-5,11H,15H2,1H3. The number of anilines is 1. The summed E-state index contributed by atoms with van der Waals surface area (Å²) in [5.41, 5.74) is 5.86. The molecule has 0 amide bonds. The molecule has 1 aromatic carbocycles. The molecule has 0 atom stereocenters. The lowest BCUT2D eigenvalue weighted by molar-refractivity contribution is 0.143. The topological polar surface area (TPSA) is 43.8 Å². The van der Waals surface area contributed by atoms with Crippen molar-refractivity contribution in [3.63, 3.8) is 0 Å². The first-order valence-corrected chi connectivity index (χ1v) is 4.88. The number of halogens is 3. The molecule has 2 N–H and O–H groups in total. The summed E-state index contributed by atoms with van der Waals surface area (Å²) < 4.78 is 39.6. The quantitative estimate of drug-likeness (QED) is 0.878. The summed E-state index contributed by atoms with van der Waals surface area (Å²) in [6.45, 7) is 1.62. The largest absolute Gasteiger partial charge is 0.396 e. The number of aromatic nitrogens is 2. The van der Waals surface area contributed by atoms with E-state index in [1.54, 1.807) is 6.92 Å². The molecule has 0 saturated heterocycles. The average Bonchev–Trinajstić information content (AvgIpc) is 2.60. The molecule has 3 nitrogen and oxygen atoms in total. The fourth-order valence-corrected chi connectivity index (χ4v) is 1.64. The van der Waals surface area contributed by atoms with Gasteiger partial charge < -0.3 is 5.73 Å². The second kappa shape index (κ2) is 4.12. The van der Waals surface area contributed by atoms with Gasteiger partial charge in [0.2, 0.25) is 0 Å². The third-order valence-corrected chi connectivity index (χ3v) is 2.43. The number of aryl methyl sites for hydroxylation is 1. The zero-order valence-corrected chi connectivity index (χ0v) is 8.99. The van der Waals surface area contributed by atoms with Crippen molar-refractivity contribution in [2.45, 2.75) is 13.3 Å². The lowest BCUT2D eigenvalue weighted by Crippen LogP contribution is -2.06. The predicted octanol–water partition coefficient (Wildman–Crippen LogP) is 2.84. The molecule has 0 aliphatic carbocycles. The van der Waals surface area contributed by atoms with E-state index in [1.807, 2.05) is 0 Å². The third kappa shape index (κ3) is 1.98. The van der Waals surface area contributed by atoms with Gasteiger partial charge in [0.25, 0.3) is 6.43 Å². The van der Waals surface area contributed by atoms with Crippen LogP contribution >= 0.6 is 0 Å². The van der Waals surface area contributed by atoms with Crippen LogP contribution < -0.4 is 5.73 Å². The maximum absolute atomic E-state index is 12.9. The highest BCUT2D eigenvalue weighted by molar-refractivity contribution is 5.49. The molecule has 0 fully saturated rings. The Balaban J connectivity index is 2.61. The third-order valence-electron chi connectivity index (χ3n) is 2.43. The Labute approximate surface area is 95.7 Å². The number of rotatable bonds is 2.